The van der Waals surface area contributed by atoms with E-state index in [1.54, 1.807) is 4.90 Å². The van der Waals surface area contributed by atoms with E-state index in [2.05, 4.69) is 6.07 Å². The number of rotatable bonds is 4. The van der Waals surface area contributed by atoms with Crippen molar-refractivity contribution in [3.63, 3.8) is 0 Å². The highest BCUT2D eigenvalue weighted by Crippen LogP contribution is 2.28. The van der Waals surface area contributed by atoms with Crippen molar-refractivity contribution in [2.24, 2.45) is 5.41 Å². The number of carbonyl (C=O) groups excluding carboxylic acids is 1. The minimum Gasteiger partial charge on any atom is -0.394 e. The molecular formula is C12H20N2O3. The lowest BCUT2D eigenvalue weighted by molar-refractivity contribution is -0.148. The fraction of sp³-hybridized carbons (Fsp3) is 0.833. The number of hydrogen-bond acceptors (Lipinski definition) is 4. The summed E-state index contributed by atoms with van der Waals surface area (Å²) < 4.78 is 5.29. The lowest BCUT2D eigenvalue weighted by Crippen LogP contribution is -2.51. The number of hydrogen-bond donors (Lipinski definition) is 1. The molecule has 0 spiro atoms. The van der Waals surface area contributed by atoms with Gasteiger partial charge in [0.1, 0.15) is 5.41 Å². The van der Waals surface area contributed by atoms with Crippen molar-refractivity contribution in [3.8, 4) is 6.07 Å². The Hall–Kier alpha value is -1.12. The van der Waals surface area contributed by atoms with Crippen LogP contribution in [0.2, 0.25) is 0 Å². The van der Waals surface area contributed by atoms with E-state index in [4.69, 9.17) is 9.84 Å². The third kappa shape index (κ3) is 2.76. The van der Waals surface area contributed by atoms with E-state index in [1.807, 2.05) is 13.8 Å². The van der Waals surface area contributed by atoms with Crippen molar-refractivity contribution < 1.29 is 14.6 Å². The van der Waals surface area contributed by atoms with Crippen LogP contribution >= 0.6 is 0 Å². The normalized spacial score (nSPS) is 21.1. The SMILES string of the molecule is CCC(C#N)(CC)C(=O)N1CCOC(CO)C1. The van der Waals surface area contributed by atoms with Crippen LogP contribution in [0.1, 0.15) is 26.7 Å². The first-order valence-corrected chi connectivity index (χ1v) is 6.06. The highest BCUT2D eigenvalue weighted by Gasteiger charge is 2.39. The van der Waals surface area contributed by atoms with Gasteiger partial charge < -0.3 is 14.7 Å². The highest BCUT2D eigenvalue weighted by atomic mass is 16.5. The fourth-order valence-corrected chi connectivity index (χ4v) is 2.08. The lowest BCUT2D eigenvalue weighted by atomic mass is 9.82. The van der Waals surface area contributed by atoms with E-state index in [-0.39, 0.29) is 18.6 Å². The van der Waals surface area contributed by atoms with Crippen LogP contribution in [0.25, 0.3) is 0 Å². The maximum atomic E-state index is 12.3. The molecule has 0 aliphatic carbocycles. The predicted molar refractivity (Wildman–Crippen MR) is 62.0 cm³/mol. The van der Waals surface area contributed by atoms with Gasteiger partial charge in [0.25, 0.3) is 0 Å². The van der Waals surface area contributed by atoms with E-state index in [9.17, 15) is 10.1 Å². The van der Waals surface area contributed by atoms with Crippen molar-refractivity contribution in [2.45, 2.75) is 32.8 Å². The molecule has 96 valence electrons. The molecule has 1 aliphatic heterocycles. The first kappa shape index (κ1) is 13.9. The van der Waals surface area contributed by atoms with Gasteiger partial charge in [-0.25, -0.2) is 0 Å². The number of aliphatic hydroxyl groups excluding tert-OH is 1. The number of amides is 1. The summed E-state index contributed by atoms with van der Waals surface area (Å²) in [5.41, 5.74) is -0.919. The van der Waals surface area contributed by atoms with Crippen molar-refractivity contribution in [3.05, 3.63) is 0 Å². The van der Waals surface area contributed by atoms with Crippen molar-refractivity contribution in [2.75, 3.05) is 26.3 Å². The summed E-state index contributed by atoms with van der Waals surface area (Å²) in [5, 5.41) is 18.3. The quantitative estimate of drug-likeness (QED) is 0.778. The maximum Gasteiger partial charge on any atom is 0.243 e. The third-order valence-corrected chi connectivity index (χ3v) is 3.46. The zero-order chi connectivity index (χ0) is 12.9. The van der Waals surface area contributed by atoms with E-state index >= 15 is 0 Å². The zero-order valence-corrected chi connectivity index (χ0v) is 10.5. The third-order valence-electron chi connectivity index (χ3n) is 3.46. The molecule has 1 heterocycles. The molecule has 1 rings (SSSR count). The van der Waals surface area contributed by atoms with Gasteiger partial charge in [-0.15, -0.1) is 0 Å². The number of nitriles is 1. The van der Waals surface area contributed by atoms with Crippen molar-refractivity contribution in [1.29, 1.82) is 5.26 Å². The Balaban J connectivity index is 2.78. The van der Waals surface area contributed by atoms with Gasteiger partial charge in [0.05, 0.1) is 25.4 Å². The molecule has 0 aromatic carbocycles. The first-order valence-electron chi connectivity index (χ1n) is 6.06. The monoisotopic (exact) mass is 240 g/mol. The van der Waals surface area contributed by atoms with Crippen LogP contribution in [0.3, 0.4) is 0 Å². The van der Waals surface area contributed by atoms with E-state index < -0.39 is 5.41 Å². The Morgan fingerprint density at radius 1 is 1.59 bits per heavy atom. The average Bonchev–Trinajstić information content (AvgIpc) is 2.41. The predicted octanol–water partition coefficient (Wildman–Crippen LogP) is 0.536. The number of nitrogens with zero attached hydrogens (tertiary/aromatic N) is 2. The van der Waals surface area contributed by atoms with Crippen LogP contribution < -0.4 is 0 Å². The lowest BCUT2D eigenvalue weighted by Gasteiger charge is -2.36. The largest absolute Gasteiger partial charge is 0.394 e. The van der Waals surface area contributed by atoms with Crippen LogP contribution in [-0.4, -0.2) is 48.3 Å². The average molecular weight is 240 g/mol. The Labute approximate surface area is 102 Å². The summed E-state index contributed by atoms with van der Waals surface area (Å²) in [4.78, 5) is 14.0. The van der Waals surface area contributed by atoms with Gasteiger partial charge in [0.15, 0.2) is 0 Å². The minimum atomic E-state index is -0.919. The van der Waals surface area contributed by atoms with Crippen LogP contribution in [0.5, 0.6) is 0 Å². The van der Waals surface area contributed by atoms with E-state index in [0.717, 1.165) is 0 Å². The molecule has 0 saturated carbocycles. The van der Waals surface area contributed by atoms with Crippen LogP contribution in [0, 0.1) is 16.7 Å². The van der Waals surface area contributed by atoms with Gasteiger partial charge in [0, 0.05) is 13.1 Å². The highest BCUT2D eigenvalue weighted by molar-refractivity contribution is 5.85. The molecule has 1 fully saturated rings. The summed E-state index contributed by atoms with van der Waals surface area (Å²) in [7, 11) is 0. The summed E-state index contributed by atoms with van der Waals surface area (Å²) in [6.07, 6.45) is 0.706. The van der Waals surface area contributed by atoms with Crippen LogP contribution in [0.4, 0.5) is 0 Å². The molecule has 5 heteroatoms. The van der Waals surface area contributed by atoms with Crippen LogP contribution in [-0.2, 0) is 9.53 Å². The van der Waals surface area contributed by atoms with Crippen molar-refractivity contribution in [1.82, 2.24) is 4.90 Å². The Kier molecular flexibility index (Phi) is 4.91. The number of aliphatic hydroxyl groups is 1. The fourth-order valence-electron chi connectivity index (χ4n) is 2.08. The molecule has 1 atom stereocenters. The summed E-state index contributed by atoms with van der Waals surface area (Å²) in [6, 6.07) is 2.15. The molecule has 0 aromatic heterocycles. The summed E-state index contributed by atoms with van der Waals surface area (Å²) in [5.74, 6) is -0.133. The molecule has 1 aliphatic rings. The number of ether oxygens (including phenoxy) is 1. The van der Waals surface area contributed by atoms with Gasteiger partial charge in [-0.3, -0.25) is 4.79 Å². The number of morpholine rings is 1. The second-order valence-electron chi connectivity index (χ2n) is 4.33. The molecule has 1 saturated heterocycles. The van der Waals surface area contributed by atoms with Gasteiger partial charge in [-0.05, 0) is 12.8 Å². The molecule has 1 unspecified atom stereocenters. The second kappa shape index (κ2) is 5.99. The second-order valence-corrected chi connectivity index (χ2v) is 4.33. The van der Waals surface area contributed by atoms with Crippen LogP contribution in [0.15, 0.2) is 0 Å². The van der Waals surface area contributed by atoms with Gasteiger partial charge in [0.2, 0.25) is 5.91 Å². The molecule has 0 aromatic rings. The zero-order valence-electron chi connectivity index (χ0n) is 10.5. The minimum absolute atomic E-state index is 0.0957. The smallest absolute Gasteiger partial charge is 0.243 e. The Morgan fingerprint density at radius 3 is 2.71 bits per heavy atom. The number of carbonyl (C=O) groups is 1. The van der Waals surface area contributed by atoms with E-state index in [0.29, 0.717) is 32.5 Å². The standard InChI is InChI=1S/C12H20N2O3/c1-3-12(4-2,9-13)11(16)14-5-6-17-10(7-14)8-15/h10,15H,3-8H2,1-2H3. The summed E-state index contributed by atoms with van der Waals surface area (Å²) >= 11 is 0. The molecule has 1 amide bonds. The molecule has 17 heavy (non-hydrogen) atoms. The summed E-state index contributed by atoms with van der Waals surface area (Å²) in [6.45, 7) is 4.91. The first-order chi connectivity index (χ1) is 8.13. The van der Waals surface area contributed by atoms with Gasteiger partial charge in [-0.2, -0.15) is 5.26 Å². The molecule has 0 radical (unpaired) electrons. The molecule has 0 bridgehead atoms. The topological polar surface area (TPSA) is 73.6 Å². The van der Waals surface area contributed by atoms with Crippen molar-refractivity contribution >= 4 is 5.91 Å². The van der Waals surface area contributed by atoms with E-state index in [1.165, 1.54) is 0 Å². The maximum absolute atomic E-state index is 12.3. The molecule has 1 N–H and O–H groups in total. The molecule has 5 nitrogen and oxygen atoms in total. The molecular weight excluding hydrogens is 220 g/mol. The Morgan fingerprint density at radius 2 is 2.24 bits per heavy atom. The Bertz CT molecular complexity index is 307. The van der Waals surface area contributed by atoms with Gasteiger partial charge in [-0.1, -0.05) is 13.8 Å². The van der Waals surface area contributed by atoms with Gasteiger partial charge >= 0.3 is 0 Å².